The zero-order valence-electron chi connectivity index (χ0n) is 14.9. The van der Waals surface area contributed by atoms with Crippen LogP contribution in [0.4, 0.5) is 0 Å². The van der Waals surface area contributed by atoms with Crippen molar-refractivity contribution in [3.63, 3.8) is 0 Å². The van der Waals surface area contributed by atoms with E-state index in [0.717, 1.165) is 22.5 Å². The van der Waals surface area contributed by atoms with Crippen LogP contribution < -0.4 is 0 Å². The number of fused-ring (bicyclic) bond motifs is 1. The first-order chi connectivity index (χ1) is 12.0. The van der Waals surface area contributed by atoms with Crippen LogP contribution in [0.1, 0.15) is 26.6 Å². The van der Waals surface area contributed by atoms with Gasteiger partial charge in [-0.25, -0.2) is 4.98 Å². The Morgan fingerprint density at radius 3 is 2.16 bits per heavy atom. The summed E-state index contributed by atoms with van der Waals surface area (Å²) in [6.45, 7) is 6.64. The van der Waals surface area contributed by atoms with Gasteiger partial charge in [0.05, 0.1) is 11.0 Å². The zero-order chi connectivity index (χ0) is 17.4. The van der Waals surface area contributed by atoms with E-state index in [1.54, 1.807) is 0 Å². The van der Waals surface area contributed by atoms with Crippen LogP contribution >= 0.6 is 0 Å². The van der Waals surface area contributed by atoms with E-state index in [0.29, 0.717) is 0 Å². The number of hydrogen-bond donors (Lipinski definition) is 0. The number of aromatic nitrogens is 2. The Kier molecular flexibility index (Phi) is 3.69. The molecule has 0 aliphatic carbocycles. The van der Waals surface area contributed by atoms with Gasteiger partial charge in [-0.15, -0.1) is 0 Å². The largest absolute Gasteiger partial charge is 0.296 e. The molecule has 0 atom stereocenters. The molecule has 0 aliphatic heterocycles. The summed E-state index contributed by atoms with van der Waals surface area (Å²) in [5.41, 5.74) is 5.75. The highest BCUT2D eigenvalue weighted by molar-refractivity contribution is 5.79. The third-order valence-electron chi connectivity index (χ3n) is 4.44. The molecule has 0 radical (unpaired) electrons. The molecule has 0 unspecified atom stereocenters. The van der Waals surface area contributed by atoms with Crippen molar-refractivity contribution in [2.75, 3.05) is 0 Å². The van der Waals surface area contributed by atoms with Crippen LogP contribution in [0, 0.1) is 0 Å². The topological polar surface area (TPSA) is 17.8 Å². The molecule has 1 aromatic heterocycles. The molecular weight excluding hydrogens is 304 g/mol. The van der Waals surface area contributed by atoms with E-state index in [2.05, 4.69) is 98.1 Å². The Morgan fingerprint density at radius 2 is 1.40 bits per heavy atom. The lowest BCUT2D eigenvalue weighted by molar-refractivity contribution is 0.539. The highest BCUT2D eigenvalue weighted by atomic mass is 15.1. The fourth-order valence-electron chi connectivity index (χ4n) is 3.25. The number of rotatable bonds is 2. The van der Waals surface area contributed by atoms with E-state index < -0.39 is 0 Å². The summed E-state index contributed by atoms with van der Waals surface area (Å²) in [5.74, 6) is 1.08. The summed E-state index contributed by atoms with van der Waals surface area (Å²) < 4.78 is 2.29. The normalized spacial score (nSPS) is 11.8. The van der Waals surface area contributed by atoms with Crippen LogP contribution in [0.25, 0.3) is 27.8 Å². The Bertz CT molecular complexity index is 1020. The lowest BCUT2D eigenvalue weighted by Crippen LogP contribution is -2.18. The van der Waals surface area contributed by atoms with Crippen LogP contribution in [0.5, 0.6) is 0 Å². The van der Waals surface area contributed by atoms with Crippen LogP contribution in [0.15, 0.2) is 78.9 Å². The predicted octanol–water partition coefficient (Wildman–Crippen LogP) is 5.99. The van der Waals surface area contributed by atoms with Crippen molar-refractivity contribution in [3.8, 4) is 16.8 Å². The van der Waals surface area contributed by atoms with E-state index in [-0.39, 0.29) is 5.41 Å². The van der Waals surface area contributed by atoms with Gasteiger partial charge in [0.25, 0.3) is 0 Å². The first kappa shape index (κ1) is 15.6. The molecule has 25 heavy (non-hydrogen) atoms. The molecule has 0 saturated carbocycles. The number of hydrogen-bond acceptors (Lipinski definition) is 1. The van der Waals surface area contributed by atoms with Crippen molar-refractivity contribution in [3.05, 3.63) is 84.7 Å². The fourth-order valence-corrected chi connectivity index (χ4v) is 3.25. The van der Waals surface area contributed by atoms with Crippen LogP contribution in [-0.2, 0) is 5.41 Å². The smallest absolute Gasteiger partial charge is 0.119 e. The van der Waals surface area contributed by atoms with Gasteiger partial charge < -0.3 is 0 Å². The van der Waals surface area contributed by atoms with E-state index in [4.69, 9.17) is 4.98 Å². The first-order valence-electron chi connectivity index (χ1n) is 8.68. The summed E-state index contributed by atoms with van der Waals surface area (Å²) in [6, 6.07) is 27.6. The quantitative estimate of drug-likeness (QED) is 0.442. The third-order valence-corrected chi connectivity index (χ3v) is 4.44. The standard InChI is InChI=1S/C23H22N2/c1-23(2,3)22-24-20-14-7-8-15-21(20)25(22)19-13-9-12-18(16-19)17-10-5-4-6-11-17/h4-16H,1-3H3. The van der Waals surface area contributed by atoms with Gasteiger partial charge in [-0.1, -0.05) is 75.4 Å². The highest BCUT2D eigenvalue weighted by Gasteiger charge is 2.23. The summed E-state index contributed by atoms with van der Waals surface area (Å²) in [5, 5.41) is 0. The van der Waals surface area contributed by atoms with E-state index in [1.165, 1.54) is 11.1 Å². The van der Waals surface area contributed by atoms with Gasteiger partial charge in [0.2, 0.25) is 0 Å². The average Bonchev–Trinajstić information content (AvgIpc) is 3.03. The van der Waals surface area contributed by atoms with E-state index in [9.17, 15) is 0 Å². The zero-order valence-corrected chi connectivity index (χ0v) is 14.9. The minimum Gasteiger partial charge on any atom is -0.296 e. The Labute approximate surface area is 148 Å². The molecule has 0 amide bonds. The molecule has 0 aliphatic rings. The molecule has 4 rings (SSSR count). The van der Waals surface area contributed by atoms with Crippen LogP contribution in [0.3, 0.4) is 0 Å². The van der Waals surface area contributed by atoms with Crippen molar-refractivity contribution in [2.45, 2.75) is 26.2 Å². The molecule has 4 aromatic rings. The molecule has 0 bridgehead atoms. The second-order valence-corrected chi connectivity index (χ2v) is 7.43. The molecule has 2 heteroatoms. The third kappa shape index (κ3) is 2.85. The molecular formula is C23H22N2. The number of imidazole rings is 1. The molecule has 0 N–H and O–H groups in total. The van der Waals surface area contributed by atoms with Gasteiger partial charge in [-0.05, 0) is 35.4 Å². The van der Waals surface area contributed by atoms with E-state index >= 15 is 0 Å². The van der Waals surface area contributed by atoms with Crippen molar-refractivity contribution in [1.82, 2.24) is 9.55 Å². The summed E-state index contributed by atoms with van der Waals surface area (Å²) in [6.07, 6.45) is 0. The first-order valence-corrected chi connectivity index (χ1v) is 8.68. The Balaban J connectivity index is 1.96. The monoisotopic (exact) mass is 326 g/mol. The predicted molar refractivity (Wildman–Crippen MR) is 105 cm³/mol. The van der Waals surface area contributed by atoms with Gasteiger partial charge in [0.1, 0.15) is 5.82 Å². The molecule has 0 saturated heterocycles. The van der Waals surface area contributed by atoms with Crippen molar-refractivity contribution in [2.24, 2.45) is 0 Å². The molecule has 124 valence electrons. The molecule has 1 heterocycles. The van der Waals surface area contributed by atoms with Crippen molar-refractivity contribution >= 4 is 11.0 Å². The van der Waals surface area contributed by atoms with Gasteiger partial charge in [0.15, 0.2) is 0 Å². The maximum Gasteiger partial charge on any atom is 0.119 e. The number of para-hydroxylation sites is 2. The molecule has 0 fully saturated rings. The Hall–Kier alpha value is -2.87. The van der Waals surface area contributed by atoms with Gasteiger partial charge in [0, 0.05) is 11.1 Å². The van der Waals surface area contributed by atoms with Crippen LogP contribution in [-0.4, -0.2) is 9.55 Å². The van der Waals surface area contributed by atoms with Crippen molar-refractivity contribution < 1.29 is 0 Å². The maximum absolute atomic E-state index is 4.93. The Morgan fingerprint density at radius 1 is 0.720 bits per heavy atom. The fraction of sp³-hybridized carbons (Fsp3) is 0.174. The molecule has 0 spiro atoms. The number of nitrogens with zero attached hydrogens (tertiary/aromatic N) is 2. The van der Waals surface area contributed by atoms with Gasteiger partial charge in [-0.3, -0.25) is 4.57 Å². The van der Waals surface area contributed by atoms with Gasteiger partial charge in [-0.2, -0.15) is 0 Å². The second kappa shape index (κ2) is 5.89. The van der Waals surface area contributed by atoms with E-state index in [1.807, 2.05) is 6.07 Å². The summed E-state index contributed by atoms with van der Waals surface area (Å²) in [4.78, 5) is 4.93. The minimum atomic E-state index is -0.0399. The second-order valence-electron chi connectivity index (χ2n) is 7.43. The average molecular weight is 326 g/mol. The lowest BCUT2D eigenvalue weighted by Gasteiger charge is -2.20. The van der Waals surface area contributed by atoms with Gasteiger partial charge >= 0.3 is 0 Å². The summed E-state index contributed by atoms with van der Waals surface area (Å²) in [7, 11) is 0. The lowest BCUT2D eigenvalue weighted by atomic mass is 9.95. The number of benzene rings is 3. The summed E-state index contributed by atoms with van der Waals surface area (Å²) >= 11 is 0. The van der Waals surface area contributed by atoms with Crippen molar-refractivity contribution in [1.29, 1.82) is 0 Å². The van der Waals surface area contributed by atoms with Crippen LogP contribution in [0.2, 0.25) is 0 Å². The molecule has 2 nitrogen and oxygen atoms in total. The molecule has 3 aromatic carbocycles. The highest BCUT2D eigenvalue weighted by Crippen LogP contribution is 2.31. The maximum atomic E-state index is 4.93. The minimum absolute atomic E-state index is 0.0399. The SMILES string of the molecule is CC(C)(C)c1nc2ccccc2n1-c1cccc(-c2ccccc2)c1.